The summed E-state index contributed by atoms with van der Waals surface area (Å²) in [5.74, 6) is 0. The molecule has 0 aromatic heterocycles. The molecule has 0 radical (unpaired) electrons. The van der Waals surface area contributed by atoms with E-state index in [0.717, 1.165) is 0 Å². The van der Waals surface area contributed by atoms with Crippen LogP contribution in [0.4, 0.5) is 0 Å². The highest BCUT2D eigenvalue weighted by molar-refractivity contribution is 6.18. The molecule has 0 unspecified atom stereocenters. The van der Waals surface area contributed by atoms with E-state index in [2.05, 4.69) is 9.25 Å². The maximum Gasteiger partial charge on any atom is 0.298 e. The maximum atomic E-state index is 4.87. The van der Waals surface area contributed by atoms with Gasteiger partial charge in [0.25, 0.3) is 6.02 Å². The lowest BCUT2D eigenvalue weighted by Gasteiger charge is -1.88. The molecular formula is C2H6Cl2N2O. The van der Waals surface area contributed by atoms with Crippen molar-refractivity contribution in [2.45, 2.75) is 0 Å². The number of methoxy groups -OCH3 is 1. The Morgan fingerprint density at radius 2 is 2.29 bits per heavy atom. The van der Waals surface area contributed by atoms with E-state index in [1.807, 2.05) is 0 Å². The van der Waals surface area contributed by atoms with Crippen LogP contribution in [-0.4, -0.2) is 13.1 Å². The molecule has 0 spiro atoms. The molecule has 0 aliphatic carbocycles. The first-order valence-electron chi connectivity index (χ1n) is 1.29. The lowest BCUT2D eigenvalue weighted by atomic mass is 11.2. The highest BCUT2D eigenvalue weighted by Crippen LogP contribution is 1.73. The van der Waals surface area contributed by atoms with Gasteiger partial charge in [-0.2, -0.15) is 0 Å². The summed E-state index contributed by atoms with van der Waals surface area (Å²) in [6, 6.07) is -0.0170. The summed E-state index contributed by atoms with van der Waals surface area (Å²) in [6.45, 7) is 0. The molecule has 0 aliphatic heterocycles. The zero-order valence-corrected chi connectivity index (χ0v) is 5.29. The van der Waals surface area contributed by atoms with Gasteiger partial charge >= 0.3 is 0 Å². The topological polar surface area (TPSA) is 47.6 Å². The predicted octanol–water partition coefficient (Wildman–Crippen LogP) is 0.523. The van der Waals surface area contributed by atoms with Gasteiger partial charge < -0.3 is 10.5 Å². The number of ether oxygens (including phenoxy) is 1. The maximum absolute atomic E-state index is 4.87. The molecule has 0 saturated heterocycles. The summed E-state index contributed by atoms with van der Waals surface area (Å²) >= 11 is 4.79. The third-order valence-electron chi connectivity index (χ3n) is 0.292. The SMILES string of the molecule is CO/C(N)=N\Cl.Cl. The van der Waals surface area contributed by atoms with Gasteiger partial charge in [0.2, 0.25) is 0 Å². The van der Waals surface area contributed by atoms with Gasteiger partial charge in [0, 0.05) is 11.8 Å². The Morgan fingerprint density at radius 1 is 1.86 bits per heavy atom. The molecule has 0 atom stereocenters. The van der Waals surface area contributed by atoms with Crippen LogP contribution in [0, 0.1) is 0 Å². The van der Waals surface area contributed by atoms with Crippen molar-refractivity contribution in [3.63, 3.8) is 0 Å². The average Bonchev–Trinajstić information content (AvgIpc) is 1.65. The molecule has 0 aromatic carbocycles. The smallest absolute Gasteiger partial charge is 0.298 e. The second kappa shape index (κ2) is 5.85. The van der Waals surface area contributed by atoms with Gasteiger partial charge in [-0.1, -0.05) is 0 Å². The number of rotatable bonds is 0. The van der Waals surface area contributed by atoms with Crippen LogP contribution in [0.2, 0.25) is 0 Å². The fourth-order valence-electron chi connectivity index (χ4n) is 0.0345. The van der Waals surface area contributed by atoms with E-state index in [0.29, 0.717) is 0 Å². The van der Waals surface area contributed by atoms with E-state index >= 15 is 0 Å². The number of hydrogen-bond acceptors (Lipinski definition) is 2. The monoisotopic (exact) mass is 144 g/mol. The normalized spacial score (nSPS) is 9.71. The Hall–Kier alpha value is -0.150. The molecule has 0 amide bonds. The van der Waals surface area contributed by atoms with Crippen molar-refractivity contribution in [2.75, 3.05) is 7.11 Å². The summed E-state index contributed by atoms with van der Waals surface area (Å²) in [6.07, 6.45) is 0. The molecule has 7 heavy (non-hydrogen) atoms. The molecule has 0 rings (SSSR count). The lowest BCUT2D eigenvalue weighted by Crippen LogP contribution is -2.11. The summed E-state index contributed by atoms with van der Waals surface area (Å²) in [5.41, 5.74) is 4.87. The summed E-state index contributed by atoms with van der Waals surface area (Å²) in [4.78, 5) is 0. The predicted molar refractivity (Wildman–Crippen MR) is 31.7 cm³/mol. The van der Waals surface area contributed by atoms with Crippen LogP contribution < -0.4 is 5.73 Å². The fourth-order valence-corrected chi connectivity index (χ4v) is 0.104. The first-order valence-corrected chi connectivity index (χ1v) is 1.63. The Kier molecular flexibility index (Phi) is 8.33. The molecule has 0 fully saturated rings. The number of amidine groups is 1. The standard InChI is InChI=1S/C2H5ClN2O.ClH/c1-6-2(4)5-3;/h1H3,(H2,4,5);1H. The van der Waals surface area contributed by atoms with E-state index < -0.39 is 0 Å². The molecule has 2 N–H and O–H groups in total. The second-order valence-corrected chi connectivity index (χ2v) is 0.796. The first-order chi connectivity index (χ1) is 2.81. The number of nitrogens with zero attached hydrogens (tertiary/aromatic N) is 1. The first kappa shape index (κ1) is 9.97. The van der Waals surface area contributed by atoms with E-state index in [4.69, 9.17) is 17.5 Å². The quantitative estimate of drug-likeness (QED) is 0.399. The molecule has 44 valence electrons. The van der Waals surface area contributed by atoms with Crippen LogP contribution in [0.25, 0.3) is 0 Å². The van der Waals surface area contributed by atoms with Gasteiger partial charge in [-0.15, -0.1) is 16.9 Å². The Balaban J connectivity index is 0. The number of nitrogens with two attached hydrogens (primary N) is 1. The third kappa shape index (κ3) is 5.85. The minimum absolute atomic E-state index is 0. The van der Waals surface area contributed by atoms with Crippen molar-refractivity contribution in [1.29, 1.82) is 0 Å². The molecule has 3 nitrogen and oxygen atoms in total. The molecule has 5 heteroatoms. The number of halogens is 2. The van der Waals surface area contributed by atoms with Gasteiger partial charge in [-0.05, 0) is 0 Å². The Bertz CT molecular complexity index is 64.7. The van der Waals surface area contributed by atoms with Gasteiger partial charge in [0.05, 0.1) is 7.11 Å². The van der Waals surface area contributed by atoms with Crippen LogP contribution in [0.3, 0.4) is 0 Å². The second-order valence-electron chi connectivity index (χ2n) is 0.627. The van der Waals surface area contributed by atoms with E-state index in [-0.39, 0.29) is 18.4 Å². The summed E-state index contributed by atoms with van der Waals surface area (Å²) in [5, 5.41) is 0. The molecule has 0 aliphatic rings. The fraction of sp³-hybridized carbons (Fsp3) is 0.500. The largest absolute Gasteiger partial charge is 0.468 e. The lowest BCUT2D eigenvalue weighted by molar-refractivity contribution is 0.398. The van der Waals surface area contributed by atoms with Crippen molar-refractivity contribution in [2.24, 2.45) is 10.2 Å². The van der Waals surface area contributed by atoms with Crippen molar-refractivity contribution < 1.29 is 4.74 Å². The van der Waals surface area contributed by atoms with Crippen molar-refractivity contribution in [3.8, 4) is 0 Å². The van der Waals surface area contributed by atoms with Crippen LogP contribution in [0.15, 0.2) is 4.51 Å². The Morgan fingerprint density at radius 3 is 2.29 bits per heavy atom. The molecule has 0 bridgehead atoms. The Labute approximate surface area is 53.0 Å². The zero-order chi connectivity index (χ0) is 4.99. The van der Waals surface area contributed by atoms with Crippen molar-refractivity contribution in [3.05, 3.63) is 0 Å². The van der Waals surface area contributed by atoms with Gasteiger partial charge in [-0.25, -0.2) is 0 Å². The van der Waals surface area contributed by atoms with E-state index in [1.165, 1.54) is 7.11 Å². The third-order valence-corrected chi connectivity index (χ3v) is 0.459. The van der Waals surface area contributed by atoms with E-state index in [1.54, 1.807) is 0 Å². The highest BCUT2D eigenvalue weighted by Gasteiger charge is 1.77. The molecule has 0 saturated carbocycles. The van der Waals surface area contributed by atoms with Crippen LogP contribution in [-0.2, 0) is 4.74 Å². The number of hydrogen-bond donors (Lipinski definition) is 1. The van der Waals surface area contributed by atoms with Gasteiger partial charge in [0.1, 0.15) is 0 Å². The van der Waals surface area contributed by atoms with E-state index in [9.17, 15) is 0 Å². The van der Waals surface area contributed by atoms with Crippen LogP contribution >= 0.6 is 24.2 Å². The minimum Gasteiger partial charge on any atom is -0.468 e. The van der Waals surface area contributed by atoms with Gasteiger partial charge in [-0.3, -0.25) is 0 Å². The zero-order valence-electron chi connectivity index (χ0n) is 3.72. The summed E-state index contributed by atoms with van der Waals surface area (Å²) < 4.78 is 7.25. The van der Waals surface area contributed by atoms with Crippen LogP contribution in [0.1, 0.15) is 0 Å². The van der Waals surface area contributed by atoms with Crippen molar-refractivity contribution in [1.82, 2.24) is 0 Å². The average molecular weight is 145 g/mol. The van der Waals surface area contributed by atoms with Gasteiger partial charge in [0.15, 0.2) is 0 Å². The molecule has 0 heterocycles. The summed E-state index contributed by atoms with van der Waals surface area (Å²) in [7, 11) is 1.39. The molecular weight excluding hydrogens is 139 g/mol. The molecule has 0 aromatic rings. The highest BCUT2D eigenvalue weighted by atomic mass is 35.5. The van der Waals surface area contributed by atoms with Crippen molar-refractivity contribution >= 4 is 30.2 Å². The minimum atomic E-state index is -0.0170. The van der Waals surface area contributed by atoms with Crippen LogP contribution in [0.5, 0.6) is 0 Å².